The SMILES string of the molecule is NCc1ccc(-c2nn3c(C4CCCCC4)nnc3s2)o1. The van der Waals surface area contributed by atoms with Gasteiger partial charge in [-0.05, 0) is 25.0 Å². The second kappa shape index (κ2) is 5.23. The van der Waals surface area contributed by atoms with Crippen LogP contribution in [0.4, 0.5) is 0 Å². The maximum Gasteiger partial charge on any atom is 0.235 e. The molecule has 4 rings (SSSR count). The van der Waals surface area contributed by atoms with Crippen LogP contribution in [0, 0.1) is 0 Å². The fourth-order valence-corrected chi connectivity index (χ4v) is 3.76. The van der Waals surface area contributed by atoms with Gasteiger partial charge < -0.3 is 10.2 Å². The van der Waals surface area contributed by atoms with Gasteiger partial charge in [0.1, 0.15) is 5.76 Å². The highest BCUT2D eigenvalue weighted by Gasteiger charge is 2.23. The van der Waals surface area contributed by atoms with E-state index in [2.05, 4.69) is 15.3 Å². The van der Waals surface area contributed by atoms with Crippen LogP contribution in [-0.4, -0.2) is 19.8 Å². The number of rotatable bonds is 3. The molecule has 3 aromatic rings. The number of aromatic nitrogens is 4. The summed E-state index contributed by atoms with van der Waals surface area (Å²) >= 11 is 1.50. The maximum atomic E-state index is 5.66. The average Bonchev–Trinajstić information content (AvgIpc) is 3.22. The van der Waals surface area contributed by atoms with E-state index in [4.69, 9.17) is 10.2 Å². The van der Waals surface area contributed by atoms with Crippen molar-refractivity contribution in [2.24, 2.45) is 5.73 Å². The molecule has 0 unspecified atom stereocenters. The van der Waals surface area contributed by atoms with Crippen LogP contribution >= 0.6 is 11.3 Å². The first-order valence-electron chi connectivity index (χ1n) is 7.36. The van der Waals surface area contributed by atoms with E-state index < -0.39 is 0 Å². The van der Waals surface area contributed by atoms with E-state index in [1.807, 2.05) is 16.6 Å². The van der Waals surface area contributed by atoms with E-state index in [9.17, 15) is 0 Å². The predicted octanol–water partition coefficient (Wildman–Crippen LogP) is 2.95. The Bertz CT molecular complexity index is 752. The number of nitrogens with two attached hydrogens (primary N) is 1. The van der Waals surface area contributed by atoms with Crippen LogP contribution in [-0.2, 0) is 6.54 Å². The van der Waals surface area contributed by atoms with E-state index in [1.54, 1.807) is 0 Å². The van der Waals surface area contributed by atoms with Crippen LogP contribution in [0.1, 0.15) is 49.6 Å². The van der Waals surface area contributed by atoms with Crippen LogP contribution in [0.5, 0.6) is 0 Å². The van der Waals surface area contributed by atoms with Gasteiger partial charge in [0.15, 0.2) is 16.6 Å². The Morgan fingerprint density at radius 3 is 2.86 bits per heavy atom. The molecule has 0 bridgehead atoms. The minimum Gasteiger partial charge on any atom is -0.457 e. The van der Waals surface area contributed by atoms with Gasteiger partial charge in [0.2, 0.25) is 4.96 Å². The summed E-state index contributed by atoms with van der Waals surface area (Å²) in [5.74, 6) is 3.00. The van der Waals surface area contributed by atoms with Gasteiger partial charge in [-0.3, -0.25) is 0 Å². The molecule has 0 atom stereocenters. The topological polar surface area (TPSA) is 82.2 Å². The average molecular weight is 303 g/mol. The molecule has 6 nitrogen and oxygen atoms in total. The smallest absolute Gasteiger partial charge is 0.235 e. The van der Waals surface area contributed by atoms with E-state index in [1.165, 1.54) is 43.4 Å². The first kappa shape index (κ1) is 13.0. The Labute approximate surface area is 126 Å². The predicted molar refractivity (Wildman–Crippen MR) is 80.1 cm³/mol. The molecule has 110 valence electrons. The molecule has 1 fully saturated rings. The minimum absolute atomic E-state index is 0.400. The van der Waals surface area contributed by atoms with Crippen molar-refractivity contribution < 1.29 is 4.42 Å². The molecule has 3 aromatic heterocycles. The zero-order chi connectivity index (χ0) is 14.2. The Morgan fingerprint density at radius 2 is 2.10 bits per heavy atom. The van der Waals surface area contributed by atoms with Crippen molar-refractivity contribution in [3.8, 4) is 10.8 Å². The fraction of sp³-hybridized carbons (Fsp3) is 0.500. The summed E-state index contributed by atoms with van der Waals surface area (Å²) in [7, 11) is 0. The zero-order valence-electron chi connectivity index (χ0n) is 11.7. The number of hydrogen-bond donors (Lipinski definition) is 1. The number of fused-ring (bicyclic) bond motifs is 1. The summed E-state index contributed by atoms with van der Waals surface area (Å²) in [6.07, 6.45) is 6.25. The molecule has 2 N–H and O–H groups in total. The second-order valence-corrected chi connectivity index (χ2v) is 6.42. The Morgan fingerprint density at radius 1 is 1.24 bits per heavy atom. The van der Waals surface area contributed by atoms with Gasteiger partial charge in [-0.2, -0.15) is 4.52 Å². The van der Waals surface area contributed by atoms with Crippen molar-refractivity contribution in [2.45, 2.75) is 44.6 Å². The van der Waals surface area contributed by atoms with Crippen LogP contribution in [0.25, 0.3) is 15.7 Å². The molecule has 0 radical (unpaired) electrons. The quantitative estimate of drug-likeness (QED) is 0.804. The lowest BCUT2D eigenvalue weighted by molar-refractivity contribution is 0.423. The van der Waals surface area contributed by atoms with Crippen molar-refractivity contribution in [3.63, 3.8) is 0 Å². The Kier molecular flexibility index (Phi) is 3.23. The molecule has 21 heavy (non-hydrogen) atoms. The molecule has 0 saturated heterocycles. The molecule has 0 spiro atoms. The van der Waals surface area contributed by atoms with Gasteiger partial charge in [0.25, 0.3) is 0 Å². The van der Waals surface area contributed by atoms with Crippen LogP contribution in [0.15, 0.2) is 16.5 Å². The number of hydrogen-bond acceptors (Lipinski definition) is 6. The monoisotopic (exact) mass is 303 g/mol. The molecule has 0 amide bonds. The molecule has 1 saturated carbocycles. The van der Waals surface area contributed by atoms with Gasteiger partial charge >= 0.3 is 0 Å². The summed E-state index contributed by atoms with van der Waals surface area (Å²) in [6.45, 7) is 0.400. The summed E-state index contributed by atoms with van der Waals surface area (Å²) in [5, 5.41) is 14.1. The summed E-state index contributed by atoms with van der Waals surface area (Å²) in [5.41, 5.74) is 5.58. The minimum atomic E-state index is 0.400. The van der Waals surface area contributed by atoms with Gasteiger partial charge in [0, 0.05) is 5.92 Å². The molecular formula is C14H17N5OS. The normalized spacial score (nSPS) is 16.8. The van der Waals surface area contributed by atoms with E-state index in [-0.39, 0.29) is 0 Å². The third-order valence-electron chi connectivity index (χ3n) is 4.06. The lowest BCUT2D eigenvalue weighted by Crippen LogP contribution is -2.09. The van der Waals surface area contributed by atoms with E-state index >= 15 is 0 Å². The van der Waals surface area contributed by atoms with Gasteiger partial charge in [-0.15, -0.1) is 15.3 Å². The molecule has 0 aromatic carbocycles. The molecule has 1 aliphatic rings. The lowest BCUT2D eigenvalue weighted by atomic mass is 9.89. The van der Waals surface area contributed by atoms with Crippen LogP contribution < -0.4 is 5.73 Å². The lowest BCUT2D eigenvalue weighted by Gasteiger charge is -2.18. The highest BCUT2D eigenvalue weighted by Crippen LogP contribution is 2.34. The van der Waals surface area contributed by atoms with Crippen molar-refractivity contribution in [1.29, 1.82) is 0 Å². The molecule has 7 heteroatoms. The highest BCUT2D eigenvalue weighted by molar-refractivity contribution is 7.19. The van der Waals surface area contributed by atoms with Gasteiger partial charge in [0.05, 0.1) is 6.54 Å². The molecule has 1 aliphatic carbocycles. The molecular weight excluding hydrogens is 286 g/mol. The second-order valence-electron chi connectivity index (χ2n) is 5.46. The standard InChI is InChI=1S/C14H17N5OS/c15-8-10-6-7-11(20-10)13-18-19-12(16-17-14(19)21-13)9-4-2-1-3-5-9/h6-7,9H,1-5,8,15H2. The first-order valence-corrected chi connectivity index (χ1v) is 8.18. The van der Waals surface area contributed by atoms with Gasteiger partial charge in [-0.25, -0.2) is 0 Å². The van der Waals surface area contributed by atoms with Crippen LogP contribution in [0.2, 0.25) is 0 Å². The zero-order valence-corrected chi connectivity index (χ0v) is 12.5. The Hall–Kier alpha value is -1.73. The molecule has 0 aliphatic heterocycles. The van der Waals surface area contributed by atoms with Crippen molar-refractivity contribution in [3.05, 3.63) is 23.7 Å². The fourth-order valence-electron chi connectivity index (χ4n) is 2.95. The van der Waals surface area contributed by atoms with Crippen molar-refractivity contribution in [1.82, 2.24) is 19.8 Å². The van der Waals surface area contributed by atoms with Crippen LogP contribution in [0.3, 0.4) is 0 Å². The number of furan rings is 1. The third kappa shape index (κ3) is 2.26. The maximum absolute atomic E-state index is 5.66. The summed E-state index contributed by atoms with van der Waals surface area (Å²) in [4.78, 5) is 0.830. The third-order valence-corrected chi connectivity index (χ3v) is 4.97. The molecule has 3 heterocycles. The first-order chi connectivity index (χ1) is 10.3. The highest BCUT2D eigenvalue weighted by atomic mass is 32.1. The van der Waals surface area contributed by atoms with Gasteiger partial charge in [-0.1, -0.05) is 30.6 Å². The van der Waals surface area contributed by atoms with Crippen molar-refractivity contribution >= 4 is 16.3 Å². The number of nitrogens with zero attached hydrogens (tertiary/aromatic N) is 4. The summed E-state index contributed by atoms with van der Waals surface area (Å²) in [6, 6.07) is 3.80. The Balaban J connectivity index is 1.71. The summed E-state index contributed by atoms with van der Waals surface area (Å²) < 4.78 is 7.55. The largest absolute Gasteiger partial charge is 0.457 e. The van der Waals surface area contributed by atoms with E-state index in [0.29, 0.717) is 12.5 Å². The van der Waals surface area contributed by atoms with Crippen molar-refractivity contribution in [2.75, 3.05) is 0 Å². The van der Waals surface area contributed by atoms with E-state index in [0.717, 1.165) is 27.3 Å².